The van der Waals surface area contributed by atoms with Gasteiger partial charge in [-0.1, -0.05) is 6.07 Å². The predicted octanol–water partition coefficient (Wildman–Crippen LogP) is 2.62. The molecule has 128 valence electrons. The maximum absolute atomic E-state index is 13.0. The van der Waals surface area contributed by atoms with Crippen molar-refractivity contribution in [1.82, 2.24) is 4.98 Å². The van der Waals surface area contributed by atoms with Crippen molar-refractivity contribution in [2.45, 2.75) is 26.9 Å². The van der Waals surface area contributed by atoms with Crippen LogP contribution in [-0.4, -0.2) is 28.6 Å². The number of aromatic nitrogens is 1. The summed E-state index contributed by atoms with van der Waals surface area (Å²) in [7, 11) is 0. The van der Waals surface area contributed by atoms with E-state index in [9.17, 15) is 19.1 Å². The number of hydrogen-bond acceptors (Lipinski definition) is 4. The lowest BCUT2D eigenvalue weighted by atomic mass is 10.1. The zero-order valence-electron chi connectivity index (χ0n) is 13.6. The average molecular weight is 334 g/mol. The minimum Gasteiger partial charge on any atom is -0.451 e. The summed E-state index contributed by atoms with van der Waals surface area (Å²) >= 11 is 0. The molecular formula is C17H19FN2O4. The molecule has 24 heavy (non-hydrogen) atoms. The third-order valence-electron chi connectivity index (χ3n) is 3.56. The fraction of sp³-hybridized carbons (Fsp3) is 0.294. The Balaban J connectivity index is 1.98. The largest absolute Gasteiger partial charge is 0.451 e. The average Bonchev–Trinajstić information content (AvgIpc) is 2.79. The number of carbonyl (C=O) groups is 2. The molecule has 0 fully saturated rings. The Hall–Kier alpha value is -2.67. The topological polar surface area (TPSA) is 91.4 Å². The Labute approximate surface area is 138 Å². The van der Waals surface area contributed by atoms with Crippen LogP contribution >= 0.6 is 0 Å². The number of H-pyrrole nitrogens is 1. The number of benzene rings is 1. The van der Waals surface area contributed by atoms with Gasteiger partial charge in [-0.15, -0.1) is 0 Å². The number of aliphatic hydroxyl groups is 1. The number of anilines is 1. The Morgan fingerprint density at radius 1 is 1.38 bits per heavy atom. The maximum atomic E-state index is 13.0. The normalized spacial score (nSPS) is 11.9. The van der Waals surface area contributed by atoms with Gasteiger partial charge in [-0.25, -0.2) is 9.18 Å². The quantitative estimate of drug-likeness (QED) is 0.733. The van der Waals surface area contributed by atoms with Crippen LogP contribution in [0.2, 0.25) is 0 Å². The first-order valence-electron chi connectivity index (χ1n) is 7.39. The highest BCUT2D eigenvalue weighted by atomic mass is 19.1. The van der Waals surface area contributed by atoms with E-state index in [2.05, 4.69) is 10.3 Å². The molecule has 0 spiro atoms. The lowest BCUT2D eigenvalue weighted by molar-refractivity contribution is -0.119. The number of hydrogen-bond donors (Lipinski definition) is 3. The van der Waals surface area contributed by atoms with Gasteiger partial charge in [-0.2, -0.15) is 0 Å². The smallest absolute Gasteiger partial charge is 0.355 e. The van der Waals surface area contributed by atoms with Crippen LogP contribution in [-0.2, 0) is 9.53 Å². The molecule has 6 nitrogen and oxygen atoms in total. The number of aromatic amines is 1. The van der Waals surface area contributed by atoms with Crippen molar-refractivity contribution in [2.75, 3.05) is 11.9 Å². The molecule has 0 aliphatic rings. The van der Waals surface area contributed by atoms with E-state index in [1.807, 2.05) is 0 Å². The Morgan fingerprint density at radius 2 is 2.08 bits per heavy atom. The van der Waals surface area contributed by atoms with Crippen LogP contribution in [0.1, 0.15) is 40.3 Å². The summed E-state index contributed by atoms with van der Waals surface area (Å²) in [6, 6.07) is 5.40. The van der Waals surface area contributed by atoms with Crippen molar-refractivity contribution >= 4 is 17.6 Å². The molecule has 2 aromatic rings. The van der Waals surface area contributed by atoms with Crippen LogP contribution in [0.5, 0.6) is 0 Å². The van der Waals surface area contributed by atoms with Gasteiger partial charge in [0.1, 0.15) is 11.5 Å². The Bertz CT molecular complexity index is 768. The van der Waals surface area contributed by atoms with E-state index in [0.717, 1.165) is 6.07 Å². The van der Waals surface area contributed by atoms with Gasteiger partial charge >= 0.3 is 5.97 Å². The van der Waals surface area contributed by atoms with E-state index >= 15 is 0 Å². The van der Waals surface area contributed by atoms with Gasteiger partial charge in [0.05, 0.1) is 6.10 Å². The van der Waals surface area contributed by atoms with Crippen LogP contribution in [0.25, 0.3) is 0 Å². The van der Waals surface area contributed by atoms with E-state index < -0.39 is 30.4 Å². The lowest BCUT2D eigenvalue weighted by Crippen LogP contribution is -2.21. The van der Waals surface area contributed by atoms with Crippen LogP contribution in [0.15, 0.2) is 24.3 Å². The first-order chi connectivity index (χ1) is 11.3. The van der Waals surface area contributed by atoms with Crippen LogP contribution in [0.4, 0.5) is 10.1 Å². The number of halogens is 1. The standard InChI is InChI=1S/C17H19FN2O4/c1-9-15(11(3)21)10(2)19-16(9)17(23)24-8-14(22)20-13-6-4-5-12(18)7-13/h4-7,11,19,21H,8H2,1-3H3,(H,20,22). The molecule has 0 saturated heterocycles. The lowest BCUT2D eigenvalue weighted by Gasteiger charge is -2.07. The molecule has 1 heterocycles. The molecule has 1 aromatic carbocycles. The monoisotopic (exact) mass is 334 g/mol. The number of aryl methyl sites for hydroxylation is 1. The van der Waals surface area contributed by atoms with Crippen molar-refractivity contribution in [1.29, 1.82) is 0 Å². The number of ether oxygens (including phenoxy) is 1. The molecule has 0 aliphatic heterocycles. The predicted molar refractivity (Wildman–Crippen MR) is 86.2 cm³/mol. The molecule has 0 bridgehead atoms. The van der Waals surface area contributed by atoms with Gasteiger partial charge in [0.2, 0.25) is 0 Å². The zero-order chi connectivity index (χ0) is 17.9. The van der Waals surface area contributed by atoms with E-state index in [1.165, 1.54) is 18.2 Å². The van der Waals surface area contributed by atoms with Crippen molar-refractivity contribution < 1.29 is 23.8 Å². The molecule has 1 atom stereocenters. The maximum Gasteiger partial charge on any atom is 0.355 e. The second-order valence-corrected chi connectivity index (χ2v) is 5.47. The van der Waals surface area contributed by atoms with Crippen molar-refractivity contribution in [3.05, 3.63) is 52.6 Å². The summed E-state index contributed by atoms with van der Waals surface area (Å²) in [6.07, 6.45) is -0.723. The summed E-state index contributed by atoms with van der Waals surface area (Å²) < 4.78 is 18.0. The zero-order valence-corrected chi connectivity index (χ0v) is 13.6. The third kappa shape index (κ3) is 3.99. The number of rotatable bonds is 5. The molecule has 0 radical (unpaired) electrons. The van der Waals surface area contributed by atoms with Gasteiger partial charge in [-0.3, -0.25) is 4.79 Å². The summed E-state index contributed by atoms with van der Waals surface area (Å²) in [5.74, 6) is -1.75. The van der Waals surface area contributed by atoms with Crippen LogP contribution in [0, 0.1) is 19.7 Å². The van der Waals surface area contributed by atoms with Gasteiger partial charge in [-0.05, 0) is 44.5 Å². The fourth-order valence-electron chi connectivity index (χ4n) is 2.56. The fourth-order valence-corrected chi connectivity index (χ4v) is 2.56. The van der Waals surface area contributed by atoms with E-state index in [4.69, 9.17) is 4.74 Å². The van der Waals surface area contributed by atoms with Crippen LogP contribution in [0.3, 0.4) is 0 Å². The minimum absolute atomic E-state index is 0.196. The van der Waals surface area contributed by atoms with Crippen LogP contribution < -0.4 is 5.32 Å². The molecule has 7 heteroatoms. The van der Waals surface area contributed by atoms with E-state index in [-0.39, 0.29) is 11.4 Å². The Kier molecular flexibility index (Phi) is 5.35. The molecule has 0 saturated carbocycles. The minimum atomic E-state index is -0.723. The third-order valence-corrected chi connectivity index (χ3v) is 3.56. The first-order valence-corrected chi connectivity index (χ1v) is 7.39. The summed E-state index contributed by atoms with van der Waals surface area (Å²) in [5, 5.41) is 12.2. The number of nitrogens with one attached hydrogen (secondary N) is 2. The van der Waals surface area contributed by atoms with Gasteiger partial charge < -0.3 is 20.1 Å². The van der Waals surface area contributed by atoms with Gasteiger partial charge in [0, 0.05) is 16.9 Å². The second-order valence-electron chi connectivity index (χ2n) is 5.47. The molecule has 0 aliphatic carbocycles. The van der Waals surface area contributed by atoms with Crippen molar-refractivity contribution in [2.24, 2.45) is 0 Å². The molecule has 1 unspecified atom stereocenters. The number of aliphatic hydroxyl groups excluding tert-OH is 1. The number of amides is 1. The van der Waals surface area contributed by atoms with E-state index in [1.54, 1.807) is 20.8 Å². The SMILES string of the molecule is Cc1[nH]c(C(=O)OCC(=O)Nc2cccc(F)c2)c(C)c1C(C)O. The second kappa shape index (κ2) is 7.27. The summed E-state index contributed by atoms with van der Waals surface area (Å²) in [5.41, 5.74) is 2.35. The highest BCUT2D eigenvalue weighted by Crippen LogP contribution is 2.24. The van der Waals surface area contributed by atoms with E-state index in [0.29, 0.717) is 16.8 Å². The Morgan fingerprint density at radius 3 is 2.67 bits per heavy atom. The summed E-state index contributed by atoms with van der Waals surface area (Å²) in [4.78, 5) is 26.7. The van der Waals surface area contributed by atoms with Gasteiger partial charge in [0.15, 0.2) is 6.61 Å². The first kappa shape index (κ1) is 17.7. The van der Waals surface area contributed by atoms with Gasteiger partial charge in [0.25, 0.3) is 5.91 Å². The van der Waals surface area contributed by atoms with Crippen molar-refractivity contribution in [3.8, 4) is 0 Å². The molecular weight excluding hydrogens is 315 g/mol. The molecule has 1 amide bonds. The molecule has 1 aromatic heterocycles. The summed E-state index contributed by atoms with van der Waals surface area (Å²) in [6.45, 7) is 4.53. The van der Waals surface area contributed by atoms with Crippen molar-refractivity contribution in [3.63, 3.8) is 0 Å². The number of carbonyl (C=O) groups excluding carboxylic acids is 2. The number of esters is 1. The highest BCUT2D eigenvalue weighted by Gasteiger charge is 2.21. The highest BCUT2D eigenvalue weighted by molar-refractivity contribution is 5.95. The molecule has 2 rings (SSSR count). The molecule has 3 N–H and O–H groups in total.